The molecule has 0 aliphatic carbocycles. The van der Waals surface area contributed by atoms with E-state index in [2.05, 4.69) is 15.3 Å². The Morgan fingerprint density at radius 2 is 1.97 bits per heavy atom. The highest BCUT2D eigenvalue weighted by molar-refractivity contribution is 6.31. The molecule has 3 aromatic rings. The molecule has 0 spiro atoms. The number of nitrogen functional groups attached to an aromatic ring is 1. The molecule has 0 saturated carbocycles. The zero-order chi connectivity index (χ0) is 27.7. The highest BCUT2D eigenvalue weighted by atomic mass is 35.5. The monoisotopic (exact) mass is 537 g/mol. The number of likely N-dealkylation sites (N-methyl/N-ethyl adjacent to an activating group) is 1. The van der Waals surface area contributed by atoms with Crippen molar-refractivity contribution in [1.29, 1.82) is 0 Å². The normalized spacial score (nSPS) is 17.6. The van der Waals surface area contributed by atoms with Gasteiger partial charge < -0.3 is 15.6 Å². The summed E-state index contributed by atoms with van der Waals surface area (Å²) in [6.07, 6.45) is 4.10. The van der Waals surface area contributed by atoms with Crippen LogP contribution in [-0.4, -0.2) is 50.4 Å². The molecule has 3 heterocycles. The number of amides is 4. The van der Waals surface area contributed by atoms with Gasteiger partial charge in [0.05, 0.1) is 12.0 Å². The first kappa shape index (κ1) is 27.1. The number of anilines is 2. The summed E-state index contributed by atoms with van der Waals surface area (Å²) in [6.45, 7) is 5.63. The molecule has 1 aliphatic heterocycles. The van der Waals surface area contributed by atoms with E-state index < -0.39 is 35.8 Å². The Morgan fingerprint density at radius 3 is 2.58 bits per heavy atom. The number of carbonyl (C=O) groups is 3. The van der Waals surface area contributed by atoms with E-state index in [1.165, 1.54) is 4.90 Å². The molecule has 0 radical (unpaired) electrons. The van der Waals surface area contributed by atoms with Gasteiger partial charge in [-0.25, -0.2) is 14.8 Å². The number of imidazole rings is 1. The highest BCUT2D eigenvalue weighted by Gasteiger charge is 2.55. The van der Waals surface area contributed by atoms with Crippen LogP contribution in [0.5, 0.6) is 0 Å². The second kappa shape index (κ2) is 10.8. The van der Waals surface area contributed by atoms with E-state index in [0.29, 0.717) is 28.9 Å². The largest absolute Gasteiger partial charge is 0.384 e. The number of hydrogen-bond acceptors (Lipinski definition) is 6. The van der Waals surface area contributed by atoms with Gasteiger partial charge >= 0.3 is 6.03 Å². The number of nitrogens with one attached hydrogen (secondary N) is 1. The van der Waals surface area contributed by atoms with E-state index >= 15 is 0 Å². The molecule has 11 heteroatoms. The molecule has 1 aliphatic rings. The molecule has 10 nitrogen and oxygen atoms in total. The van der Waals surface area contributed by atoms with Crippen LogP contribution in [0.2, 0.25) is 5.02 Å². The van der Waals surface area contributed by atoms with Crippen LogP contribution in [0.15, 0.2) is 42.7 Å². The lowest BCUT2D eigenvalue weighted by Gasteiger charge is -2.45. The Labute approximate surface area is 226 Å². The highest BCUT2D eigenvalue weighted by Crippen LogP contribution is 2.33. The van der Waals surface area contributed by atoms with Crippen LogP contribution in [-0.2, 0) is 23.1 Å². The van der Waals surface area contributed by atoms with Crippen LogP contribution in [0.25, 0.3) is 0 Å². The number of pyridine rings is 1. The maximum Gasteiger partial charge on any atom is 0.325 e. The fourth-order valence-corrected chi connectivity index (χ4v) is 5.03. The summed E-state index contributed by atoms with van der Waals surface area (Å²) in [5.41, 5.74) is 9.12. The fourth-order valence-electron chi connectivity index (χ4n) is 4.84. The number of likely N-dealkylation sites (tertiary alicyclic amines) is 1. The molecule has 1 saturated heterocycles. The summed E-state index contributed by atoms with van der Waals surface area (Å²) in [7, 11) is 3.35. The van der Waals surface area contributed by atoms with Crippen molar-refractivity contribution in [1.82, 2.24) is 24.8 Å². The van der Waals surface area contributed by atoms with Crippen molar-refractivity contribution in [2.75, 3.05) is 17.7 Å². The summed E-state index contributed by atoms with van der Waals surface area (Å²) in [6, 6.07) is 7.05. The summed E-state index contributed by atoms with van der Waals surface area (Å²) in [4.78, 5) is 51.4. The van der Waals surface area contributed by atoms with E-state index in [9.17, 15) is 14.4 Å². The van der Waals surface area contributed by atoms with Gasteiger partial charge in [-0.05, 0) is 61.6 Å². The molecule has 3 N–H and O–H groups in total. The second-order valence-electron chi connectivity index (χ2n) is 9.66. The van der Waals surface area contributed by atoms with Crippen molar-refractivity contribution >= 4 is 41.2 Å². The van der Waals surface area contributed by atoms with Crippen LogP contribution in [0, 0.1) is 19.8 Å². The van der Waals surface area contributed by atoms with Crippen LogP contribution in [0.4, 0.5) is 16.6 Å². The first-order chi connectivity index (χ1) is 18.0. The molecule has 4 rings (SSSR count). The number of hydrogen-bond donors (Lipinski definition) is 2. The maximum absolute atomic E-state index is 13.7. The van der Waals surface area contributed by atoms with Crippen molar-refractivity contribution in [3.8, 4) is 0 Å². The Morgan fingerprint density at radius 1 is 1.24 bits per heavy atom. The lowest BCUT2D eigenvalue weighted by atomic mass is 9.81. The zero-order valence-corrected chi connectivity index (χ0v) is 22.9. The minimum Gasteiger partial charge on any atom is -0.384 e. The number of rotatable bonds is 7. The first-order valence-corrected chi connectivity index (χ1v) is 12.8. The van der Waals surface area contributed by atoms with Crippen LogP contribution in [0.3, 0.4) is 0 Å². The lowest BCUT2D eigenvalue weighted by molar-refractivity contribution is -0.156. The van der Waals surface area contributed by atoms with Gasteiger partial charge in [0.15, 0.2) is 0 Å². The minimum atomic E-state index is -1.02. The van der Waals surface area contributed by atoms with Gasteiger partial charge in [0.25, 0.3) is 5.91 Å². The van der Waals surface area contributed by atoms with E-state index in [4.69, 9.17) is 17.3 Å². The summed E-state index contributed by atoms with van der Waals surface area (Å²) < 4.78 is 1.69. The zero-order valence-electron chi connectivity index (χ0n) is 22.1. The fraction of sp³-hybridized carbons (Fsp3) is 0.370. The van der Waals surface area contributed by atoms with Crippen molar-refractivity contribution in [2.45, 2.75) is 45.7 Å². The average Bonchev–Trinajstić information content (AvgIpc) is 3.30. The van der Waals surface area contributed by atoms with Crippen molar-refractivity contribution in [3.63, 3.8) is 0 Å². The number of aromatic nitrogens is 3. The van der Waals surface area contributed by atoms with Crippen molar-refractivity contribution in [3.05, 3.63) is 70.1 Å². The first-order valence-electron chi connectivity index (χ1n) is 12.4. The van der Waals surface area contributed by atoms with Crippen LogP contribution < -0.4 is 16.0 Å². The van der Waals surface area contributed by atoms with Gasteiger partial charge in [-0.1, -0.05) is 30.7 Å². The van der Waals surface area contributed by atoms with E-state index in [0.717, 1.165) is 21.6 Å². The Bertz CT molecular complexity index is 1370. The number of nitrogens with zero attached hydrogens (tertiary/aromatic N) is 5. The van der Waals surface area contributed by atoms with Crippen LogP contribution >= 0.6 is 11.6 Å². The number of nitrogens with two attached hydrogens (primary N) is 1. The molecule has 200 valence electrons. The van der Waals surface area contributed by atoms with E-state index in [1.807, 2.05) is 39.0 Å². The van der Waals surface area contributed by atoms with Crippen molar-refractivity contribution < 1.29 is 14.4 Å². The van der Waals surface area contributed by atoms with E-state index in [1.54, 1.807) is 43.2 Å². The molecule has 2 aromatic heterocycles. The summed E-state index contributed by atoms with van der Waals surface area (Å²) in [5.74, 6) is -0.857. The molecule has 0 unspecified atom stereocenters. The average molecular weight is 538 g/mol. The topological polar surface area (TPSA) is 126 Å². The van der Waals surface area contributed by atoms with Gasteiger partial charge in [0.2, 0.25) is 11.9 Å². The second-order valence-corrected chi connectivity index (χ2v) is 10.1. The molecule has 3 atom stereocenters. The number of urea groups is 1. The van der Waals surface area contributed by atoms with Gasteiger partial charge in [0, 0.05) is 37.2 Å². The SMILES string of the molecule is CC[C@@H](NC(=O)N1C(=O)[C@H](Cc2cc(C)nc(N)c2)[C@H]1C(=O)N(C)c1nccn1C)c1ccc(C)c(Cl)c1. The quantitative estimate of drug-likeness (QED) is 0.444. The minimum absolute atomic E-state index is 0.242. The smallest absolute Gasteiger partial charge is 0.325 e. The number of benzene rings is 1. The van der Waals surface area contributed by atoms with Gasteiger partial charge in [-0.3, -0.25) is 19.4 Å². The molecule has 1 fully saturated rings. The maximum atomic E-state index is 13.7. The molecule has 1 aromatic carbocycles. The number of halogens is 1. The van der Waals surface area contributed by atoms with Crippen LogP contribution in [0.1, 0.15) is 41.8 Å². The standard InChI is InChI=1S/C27H32ClN7O3/c1-6-21(18-8-7-15(2)20(28)14-18)32-27(38)35-23(25(37)34(5)26-30-9-10-33(26)4)19(24(35)36)12-17-11-16(3)31-22(29)13-17/h7-11,13-14,19,21,23H,6,12H2,1-5H3,(H2,29,31)(H,32,38)/t19-,21-,23+/m1/s1. The number of aryl methyl sites for hydroxylation is 3. The number of carbonyl (C=O) groups excluding carboxylic acids is 3. The van der Waals surface area contributed by atoms with Gasteiger partial charge in [0.1, 0.15) is 11.9 Å². The van der Waals surface area contributed by atoms with Gasteiger partial charge in [-0.15, -0.1) is 0 Å². The third kappa shape index (κ3) is 5.22. The summed E-state index contributed by atoms with van der Waals surface area (Å²) in [5, 5.41) is 3.51. The van der Waals surface area contributed by atoms with E-state index in [-0.39, 0.29) is 6.42 Å². The van der Waals surface area contributed by atoms with Gasteiger partial charge in [-0.2, -0.15) is 0 Å². The number of β-lactam (4-membered cyclic amide) rings is 1. The Balaban J connectivity index is 1.62. The molecular weight excluding hydrogens is 506 g/mol. The lowest BCUT2D eigenvalue weighted by Crippen LogP contribution is -2.70. The Hall–Kier alpha value is -3.92. The molecule has 0 bridgehead atoms. The molecule has 4 amide bonds. The van der Waals surface area contributed by atoms with Crippen molar-refractivity contribution in [2.24, 2.45) is 13.0 Å². The third-order valence-electron chi connectivity index (χ3n) is 6.90. The molecule has 38 heavy (non-hydrogen) atoms. The number of imide groups is 1. The summed E-state index contributed by atoms with van der Waals surface area (Å²) >= 11 is 6.31. The Kier molecular flexibility index (Phi) is 7.73. The predicted octanol–water partition coefficient (Wildman–Crippen LogP) is 3.56. The predicted molar refractivity (Wildman–Crippen MR) is 146 cm³/mol. The molecular formula is C27H32ClN7O3. The third-order valence-corrected chi connectivity index (χ3v) is 7.31.